The zero-order valence-electron chi connectivity index (χ0n) is 20.7. The number of phenols is 1. The van der Waals surface area contributed by atoms with Crippen molar-refractivity contribution in [3.63, 3.8) is 0 Å². The lowest BCUT2D eigenvalue weighted by molar-refractivity contribution is -0.123. The van der Waals surface area contributed by atoms with Gasteiger partial charge in [-0.25, -0.2) is 4.79 Å². The molecule has 1 fully saturated rings. The number of fused-ring (bicyclic) bond motifs is 3. The standard InChI is InChI=1S/C30H22BrNO7/c1-13-9-23(34)26-21(27(13)35)12-19-17(24(26)20-11-15(31)5-8-22(20)33)6-7-18-25(19)29(37)32(28(18)36)16-4-2-3-14(10-16)30(38)39/h2-6,8-11,18-19,24-25,33H,7,12H2,1H3,(H,38,39)/t18-,19+,24+,25-/m0/s1. The number of amides is 2. The molecule has 0 radical (unpaired) electrons. The Bertz CT molecular complexity index is 1630. The van der Waals surface area contributed by atoms with E-state index in [4.69, 9.17) is 0 Å². The number of carboxylic acids is 1. The number of allylic oxidation sites excluding steroid dienone is 6. The van der Waals surface area contributed by atoms with E-state index in [2.05, 4.69) is 15.9 Å². The van der Waals surface area contributed by atoms with Gasteiger partial charge in [0, 0.05) is 32.7 Å². The molecule has 8 nitrogen and oxygen atoms in total. The number of aromatic hydroxyl groups is 1. The molecule has 6 rings (SSSR count). The Morgan fingerprint density at radius 2 is 1.79 bits per heavy atom. The third-order valence-electron chi connectivity index (χ3n) is 8.21. The molecule has 1 heterocycles. The Kier molecular flexibility index (Phi) is 5.80. The van der Waals surface area contributed by atoms with Crippen molar-refractivity contribution < 1.29 is 34.2 Å². The number of carboxylic acid groups (broad SMARTS) is 1. The fraction of sp³-hybridized carbons (Fsp3) is 0.233. The SMILES string of the molecule is CC1=CC(=O)C2=C(C[C@@H]3C(=CC[C@@H]4C(=O)N(c5cccc(C(=O)O)c5)C(=O)[C@@H]43)[C@@H]2c2cc(Br)ccc2O)C1=O. The largest absolute Gasteiger partial charge is 0.508 e. The van der Waals surface area contributed by atoms with Gasteiger partial charge in [0.05, 0.1) is 23.1 Å². The van der Waals surface area contributed by atoms with Crippen LogP contribution in [0.3, 0.4) is 0 Å². The number of nitrogens with zero attached hydrogens (tertiary/aromatic N) is 1. The molecule has 2 amide bonds. The fourth-order valence-electron chi connectivity index (χ4n) is 6.53. The predicted octanol–water partition coefficient (Wildman–Crippen LogP) is 4.49. The van der Waals surface area contributed by atoms with E-state index < -0.39 is 41.5 Å². The first-order chi connectivity index (χ1) is 18.6. The van der Waals surface area contributed by atoms with Gasteiger partial charge in [0.1, 0.15) is 5.75 Å². The van der Waals surface area contributed by atoms with Gasteiger partial charge in [-0.2, -0.15) is 0 Å². The van der Waals surface area contributed by atoms with Crippen molar-refractivity contribution in [1.82, 2.24) is 0 Å². The minimum Gasteiger partial charge on any atom is -0.508 e. The highest BCUT2D eigenvalue weighted by atomic mass is 79.9. The van der Waals surface area contributed by atoms with Gasteiger partial charge in [0.25, 0.3) is 0 Å². The molecule has 4 atom stereocenters. The maximum Gasteiger partial charge on any atom is 0.335 e. The lowest BCUT2D eigenvalue weighted by Gasteiger charge is -2.42. The molecule has 2 N–H and O–H groups in total. The molecule has 4 aliphatic rings. The van der Waals surface area contributed by atoms with Crippen LogP contribution in [0, 0.1) is 17.8 Å². The van der Waals surface area contributed by atoms with E-state index in [1.807, 2.05) is 6.08 Å². The Balaban J connectivity index is 1.49. The summed E-state index contributed by atoms with van der Waals surface area (Å²) in [5.74, 6) is -5.52. The van der Waals surface area contributed by atoms with E-state index >= 15 is 0 Å². The number of carbonyl (C=O) groups is 5. The van der Waals surface area contributed by atoms with E-state index in [1.54, 1.807) is 19.1 Å². The molecule has 1 saturated heterocycles. The maximum absolute atomic E-state index is 13.9. The molecular weight excluding hydrogens is 566 g/mol. The highest BCUT2D eigenvalue weighted by Gasteiger charge is 2.56. The van der Waals surface area contributed by atoms with Crippen molar-refractivity contribution in [2.75, 3.05) is 4.90 Å². The lowest BCUT2D eigenvalue weighted by Crippen LogP contribution is -2.39. The summed E-state index contributed by atoms with van der Waals surface area (Å²) in [4.78, 5) is 66.7. The number of imide groups is 1. The van der Waals surface area contributed by atoms with Gasteiger partial charge in [-0.15, -0.1) is 0 Å². The van der Waals surface area contributed by atoms with Crippen molar-refractivity contribution in [3.8, 4) is 5.75 Å². The first-order valence-corrected chi connectivity index (χ1v) is 13.3. The molecule has 3 aliphatic carbocycles. The highest BCUT2D eigenvalue weighted by Crippen LogP contribution is 2.56. The van der Waals surface area contributed by atoms with Crippen LogP contribution in [0.25, 0.3) is 0 Å². The van der Waals surface area contributed by atoms with Crippen molar-refractivity contribution in [2.45, 2.75) is 25.7 Å². The van der Waals surface area contributed by atoms with E-state index in [-0.39, 0.29) is 41.4 Å². The van der Waals surface area contributed by atoms with Crippen molar-refractivity contribution >= 4 is 51.0 Å². The summed E-state index contributed by atoms with van der Waals surface area (Å²) >= 11 is 3.43. The Labute approximate surface area is 231 Å². The lowest BCUT2D eigenvalue weighted by atomic mass is 9.59. The summed E-state index contributed by atoms with van der Waals surface area (Å²) in [5.41, 5.74) is 2.19. The van der Waals surface area contributed by atoms with Gasteiger partial charge in [-0.1, -0.05) is 33.6 Å². The summed E-state index contributed by atoms with van der Waals surface area (Å²) in [5, 5.41) is 20.3. The molecule has 0 aromatic heterocycles. The topological polar surface area (TPSA) is 129 Å². The summed E-state index contributed by atoms with van der Waals surface area (Å²) in [7, 11) is 0. The van der Waals surface area contributed by atoms with Crippen LogP contribution in [-0.4, -0.2) is 39.6 Å². The average Bonchev–Trinajstić information content (AvgIpc) is 3.17. The summed E-state index contributed by atoms with van der Waals surface area (Å²) in [6.45, 7) is 1.58. The van der Waals surface area contributed by atoms with Crippen molar-refractivity contribution in [1.29, 1.82) is 0 Å². The molecule has 0 spiro atoms. The second-order valence-electron chi connectivity index (χ2n) is 10.3. The first-order valence-electron chi connectivity index (χ1n) is 12.5. The predicted molar refractivity (Wildman–Crippen MR) is 143 cm³/mol. The number of aromatic carboxylic acids is 1. The van der Waals surface area contributed by atoms with Crippen molar-refractivity contribution in [3.05, 3.63) is 92.5 Å². The van der Waals surface area contributed by atoms with Crippen LogP contribution in [0.4, 0.5) is 5.69 Å². The van der Waals surface area contributed by atoms with Crippen LogP contribution in [0.2, 0.25) is 0 Å². The molecule has 9 heteroatoms. The fourth-order valence-corrected chi connectivity index (χ4v) is 6.91. The highest BCUT2D eigenvalue weighted by molar-refractivity contribution is 9.10. The molecule has 0 bridgehead atoms. The number of hydrogen-bond acceptors (Lipinski definition) is 6. The molecule has 2 aromatic rings. The Hall–Kier alpha value is -4.11. The number of carbonyl (C=O) groups excluding carboxylic acids is 4. The molecule has 1 aliphatic heterocycles. The third kappa shape index (κ3) is 3.75. The van der Waals surface area contributed by atoms with Gasteiger partial charge >= 0.3 is 5.97 Å². The minimum atomic E-state index is -1.18. The molecule has 39 heavy (non-hydrogen) atoms. The number of ketones is 2. The number of rotatable bonds is 3. The molecule has 196 valence electrons. The number of Topliss-reactive ketones (excluding diaryl/α,β-unsaturated/α-hetero) is 1. The zero-order valence-corrected chi connectivity index (χ0v) is 22.3. The number of hydrogen-bond donors (Lipinski definition) is 2. The average molecular weight is 588 g/mol. The van der Waals surface area contributed by atoms with Gasteiger partial charge in [0.2, 0.25) is 11.8 Å². The third-order valence-corrected chi connectivity index (χ3v) is 8.71. The molecule has 0 saturated carbocycles. The first kappa shape index (κ1) is 25.2. The summed E-state index contributed by atoms with van der Waals surface area (Å²) in [6.07, 6.45) is 3.54. The Morgan fingerprint density at radius 3 is 2.54 bits per heavy atom. The number of halogens is 1. The van der Waals surface area contributed by atoms with Gasteiger partial charge in [-0.3, -0.25) is 24.1 Å². The number of benzene rings is 2. The van der Waals surface area contributed by atoms with Gasteiger partial charge < -0.3 is 10.2 Å². The normalized spacial score (nSPS) is 26.2. The number of anilines is 1. The monoisotopic (exact) mass is 587 g/mol. The maximum atomic E-state index is 13.9. The van der Waals surface area contributed by atoms with E-state index in [9.17, 15) is 34.2 Å². The van der Waals surface area contributed by atoms with Crippen LogP contribution < -0.4 is 4.90 Å². The van der Waals surface area contributed by atoms with Crippen LogP contribution >= 0.6 is 15.9 Å². The van der Waals surface area contributed by atoms with E-state index in [0.717, 1.165) is 10.5 Å². The second kappa shape index (κ2) is 8.98. The van der Waals surface area contributed by atoms with Gasteiger partial charge in [0.15, 0.2) is 11.6 Å². The smallest absolute Gasteiger partial charge is 0.335 e. The number of phenolic OH excluding ortho intramolecular Hbond substituents is 1. The van der Waals surface area contributed by atoms with Crippen LogP contribution in [-0.2, 0) is 19.2 Å². The van der Waals surface area contributed by atoms with Crippen LogP contribution in [0.1, 0.15) is 41.6 Å². The molecule has 0 unspecified atom stereocenters. The van der Waals surface area contributed by atoms with E-state index in [0.29, 0.717) is 26.8 Å². The minimum absolute atomic E-state index is 0.0481. The Morgan fingerprint density at radius 1 is 1.03 bits per heavy atom. The zero-order chi connectivity index (χ0) is 27.7. The summed E-state index contributed by atoms with van der Waals surface area (Å²) < 4.78 is 0.673. The quantitative estimate of drug-likeness (QED) is 0.307. The molecule has 2 aromatic carbocycles. The van der Waals surface area contributed by atoms with Crippen molar-refractivity contribution in [2.24, 2.45) is 17.8 Å². The van der Waals surface area contributed by atoms with Gasteiger partial charge in [-0.05, 0) is 68.2 Å². The second-order valence-corrected chi connectivity index (χ2v) is 11.2. The van der Waals surface area contributed by atoms with Crippen LogP contribution in [0.15, 0.2) is 81.4 Å². The van der Waals surface area contributed by atoms with E-state index in [1.165, 1.54) is 36.4 Å². The van der Waals surface area contributed by atoms with Crippen LogP contribution in [0.5, 0.6) is 5.75 Å². The molecular formula is C30H22BrNO7. The summed E-state index contributed by atoms with van der Waals surface area (Å²) in [6, 6.07) is 10.6.